The van der Waals surface area contributed by atoms with E-state index in [9.17, 15) is 22.8 Å². The van der Waals surface area contributed by atoms with E-state index in [0.29, 0.717) is 6.42 Å². The fourth-order valence-electron chi connectivity index (χ4n) is 3.41. The minimum Gasteiger partial charge on any atom is -0.336 e. The molecule has 2 amide bonds. The zero-order valence-corrected chi connectivity index (χ0v) is 15.7. The first kappa shape index (κ1) is 19.9. The highest BCUT2D eigenvalue weighted by atomic mass is 19.4. The van der Waals surface area contributed by atoms with E-state index in [4.69, 9.17) is 0 Å². The Bertz CT molecular complexity index is 1110. The van der Waals surface area contributed by atoms with E-state index in [-0.39, 0.29) is 36.6 Å². The van der Waals surface area contributed by atoms with Gasteiger partial charge in [-0.15, -0.1) is 0 Å². The molecule has 1 saturated carbocycles. The van der Waals surface area contributed by atoms with E-state index >= 15 is 0 Å². The van der Waals surface area contributed by atoms with Crippen molar-refractivity contribution in [3.63, 3.8) is 0 Å². The molecule has 0 spiro atoms. The molecule has 0 aliphatic heterocycles. The summed E-state index contributed by atoms with van der Waals surface area (Å²) < 4.78 is 39.8. The fourth-order valence-corrected chi connectivity index (χ4v) is 3.41. The van der Waals surface area contributed by atoms with Crippen LogP contribution in [-0.4, -0.2) is 38.7 Å². The van der Waals surface area contributed by atoms with E-state index in [1.54, 1.807) is 12.3 Å². The first-order valence-corrected chi connectivity index (χ1v) is 9.33. The van der Waals surface area contributed by atoms with Crippen molar-refractivity contribution in [2.75, 3.05) is 5.32 Å². The van der Waals surface area contributed by atoms with Crippen molar-refractivity contribution >= 4 is 28.4 Å². The Balaban J connectivity index is 1.42. The maximum absolute atomic E-state index is 13.3. The Morgan fingerprint density at radius 1 is 1.17 bits per heavy atom. The maximum atomic E-state index is 13.3. The van der Waals surface area contributed by atoms with Gasteiger partial charge in [0.2, 0.25) is 5.91 Å². The minimum atomic E-state index is -4.53. The second-order valence-electron chi connectivity index (χ2n) is 7.33. The van der Waals surface area contributed by atoms with Crippen molar-refractivity contribution in [2.45, 2.75) is 37.4 Å². The van der Waals surface area contributed by atoms with Gasteiger partial charge in [0.25, 0.3) is 5.91 Å². The Kier molecular flexibility index (Phi) is 4.92. The van der Waals surface area contributed by atoms with Crippen molar-refractivity contribution in [3.05, 3.63) is 54.0 Å². The molecule has 0 unspecified atom stereocenters. The van der Waals surface area contributed by atoms with E-state index < -0.39 is 17.6 Å². The van der Waals surface area contributed by atoms with Crippen molar-refractivity contribution < 1.29 is 22.8 Å². The van der Waals surface area contributed by atoms with Gasteiger partial charge in [-0.3, -0.25) is 19.7 Å². The second kappa shape index (κ2) is 7.43. The Morgan fingerprint density at radius 3 is 2.67 bits per heavy atom. The molecule has 1 aromatic carbocycles. The molecule has 0 bridgehead atoms. The summed E-state index contributed by atoms with van der Waals surface area (Å²) in [6, 6.07) is 8.18. The molecule has 156 valence electrons. The number of amides is 2. The van der Waals surface area contributed by atoms with Crippen molar-refractivity contribution in [1.82, 2.24) is 20.5 Å². The van der Waals surface area contributed by atoms with E-state index in [1.807, 2.05) is 12.1 Å². The quantitative estimate of drug-likeness (QED) is 0.593. The van der Waals surface area contributed by atoms with E-state index in [2.05, 4.69) is 25.8 Å². The van der Waals surface area contributed by atoms with Gasteiger partial charge in [0.15, 0.2) is 0 Å². The SMILES string of the molecule is O=C(Cc1ccc2cn[nH]c2c1)Nc1ccnc(C(=O)NC2(C(F)(F)F)CCC2)c1. The van der Waals surface area contributed by atoms with Crippen LogP contribution in [0.4, 0.5) is 18.9 Å². The predicted octanol–water partition coefficient (Wildman–Crippen LogP) is 3.35. The minimum absolute atomic E-state index is 0.0794. The molecule has 0 atom stereocenters. The number of aromatic nitrogens is 3. The number of alkyl halides is 3. The number of halogens is 3. The molecule has 1 fully saturated rings. The van der Waals surface area contributed by atoms with Gasteiger partial charge in [-0.2, -0.15) is 18.3 Å². The van der Waals surface area contributed by atoms with Crippen LogP contribution in [0.5, 0.6) is 0 Å². The zero-order valence-electron chi connectivity index (χ0n) is 15.7. The number of anilines is 1. The van der Waals surface area contributed by atoms with Crippen LogP contribution in [0.1, 0.15) is 35.3 Å². The lowest BCUT2D eigenvalue weighted by atomic mass is 9.76. The summed E-state index contributed by atoms with van der Waals surface area (Å²) in [5.74, 6) is -1.26. The third-order valence-electron chi connectivity index (χ3n) is 5.25. The lowest BCUT2D eigenvalue weighted by Gasteiger charge is -2.43. The Hall–Kier alpha value is -3.43. The number of H-pyrrole nitrogens is 1. The maximum Gasteiger partial charge on any atom is 0.411 e. The molecule has 7 nitrogen and oxygen atoms in total. The number of pyridine rings is 1. The lowest BCUT2D eigenvalue weighted by molar-refractivity contribution is -0.215. The van der Waals surface area contributed by atoms with Gasteiger partial charge in [-0.1, -0.05) is 12.1 Å². The number of rotatable bonds is 5. The van der Waals surface area contributed by atoms with Gasteiger partial charge in [-0.05, 0) is 43.0 Å². The van der Waals surface area contributed by atoms with Gasteiger partial charge in [0, 0.05) is 17.3 Å². The topological polar surface area (TPSA) is 99.8 Å². The first-order chi connectivity index (χ1) is 14.3. The normalized spacial score (nSPS) is 15.4. The molecule has 30 heavy (non-hydrogen) atoms. The van der Waals surface area contributed by atoms with Gasteiger partial charge in [-0.25, -0.2) is 0 Å². The number of fused-ring (bicyclic) bond motifs is 1. The van der Waals surface area contributed by atoms with E-state index in [1.165, 1.54) is 18.3 Å². The van der Waals surface area contributed by atoms with Crippen LogP contribution in [0.3, 0.4) is 0 Å². The average molecular weight is 417 g/mol. The number of nitrogens with zero attached hydrogens (tertiary/aromatic N) is 2. The van der Waals surface area contributed by atoms with Crippen LogP contribution in [0.2, 0.25) is 0 Å². The fraction of sp³-hybridized carbons (Fsp3) is 0.300. The summed E-state index contributed by atoms with van der Waals surface area (Å²) in [4.78, 5) is 28.5. The molecule has 2 heterocycles. The summed E-state index contributed by atoms with van der Waals surface area (Å²) in [5, 5.41) is 12.4. The van der Waals surface area contributed by atoms with Crippen molar-refractivity contribution in [3.8, 4) is 0 Å². The number of hydrogen-bond acceptors (Lipinski definition) is 4. The largest absolute Gasteiger partial charge is 0.411 e. The van der Waals surface area contributed by atoms with Crippen LogP contribution in [0.15, 0.2) is 42.7 Å². The summed E-state index contributed by atoms with van der Waals surface area (Å²) in [7, 11) is 0. The molecule has 10 heteroatoms. The lowest BCUT2D eigenvalue weighted by Crippen LogP contribution is -2.63. The van der Waals surface area contributed by atoms with Gasteiger partial charge >= 0.3 is 6.18 Å². The van der Waals surface area contributed by atoms with Gasteiger partial charge in [0.05, 0.1) is 18.1 Å². The summed E-state index contributed by atoms with van der Waals surface area (Å²) in [6.07, 6.45) is -1.41. The highest BCUT2D eigenvalue weighted by Gasteiger charge is 2.59. The number of aromatic amines is 1. The van der Waals surface area contributed by atoms with Crippen LogP contribution in [0.25, 0.3) is 10.9 Å². The number of hydrogen-bond donors (Lipinski definition) is 3. The predicted molar refractivity (Wildman–Crippen MR) is 103 cm³/mol. The third-order valence-corrected chi connectivity index (χ3v) is 5.25. The number of nitrogens with one attached hydrogen (secondary N) is 3. The molecule has 1 aliphatic rings. The Labute approximate surface area is 169 Å². The molecular formula is C20H18F3N5O2. The molecule has 1 aliphatic carbocycles. The molecule has 3 aromatic rings. The van der Waals surface area contributed by atoms with Crippen molar-refractivity contribution in [2.24, 2.45) is 0 Å². The van der Waals surface area contributed by atoms with Crippen LogP contribution < -0.4 is 10.6 Å². The summed E-state index contributed by atoms with van der Waals surface area (Å²) >= 11 is 0. The molecular weight excluding hydrogens is 399 g/mol. The molecule has 4 rings (SSSR count). The third kappa shape index (κ3) is 3.85. The van der Waals surface area contributed by atoms with Crippen LogP contribution >= 0.6 is 0 Å². The number of carbonyl (C=O) groups is 2. The smallest absolute Gasteiger partial charge is 0.336 e. The highest BCUT2D eigenvalue weighted by molar-refractivity contribution is 5.96. The number of benzene rings is 1. The standard InChI is InChI=1S/C20H18F3N5O2/c21-20(22,23)19(5-1-6-19)27-18(30)16-10-14(4-7-24-16)26-17(29)9-12-2-3-13-11-25-28-15(13)8-12/h2-4,7-8,10-11H,1,5-6,9H2,(H,25,28)(H,27,30)(H,24,26,29). The van der Waals surface area contributed by atoms with Crippen LogP contribution in [-0.2, 0) is 11.2 Å². The van der Waals surface area contributed by atoms with Gasteiger partial charge < -0.3 is 10.6 Å². The first-order valence-electron chi connectivity index (χ1n) is 9.33. The zero-order chi connectivity index (χ0) is 21.4. The van der Waals surface area contributed by atoms with Crippen LogP contribution in [0, 0.1) is 0 Å². The number of carbonyl (C=O) groups excluding carboxylic acids is 2. The highest BCUT2D eigenvalue weighted by Crippen LogP contribution is 2.45. The summed E-state index contributed by atoms with van der Waals surface area (Å²) in [6.45, 7) is 0. The van der Waals surface area contributed by atoms with Gasteiger partial charge in [0.1, 0.15) is 11.2 Å². The summed E-state index contributed by atoms with van der Waals surface area (Å²) in [5.41, 5.74) is -0.554. The molecule has 0 radical (unpaired) electrons. The average Bonchev–Trinajstić information content (AvgIpc) is 3.11. The second-order valence-corrected chi connectivity index (χ2v) is 7.33. The molecule has 0 saturated heterocycles. The van der Waals surface area contributed by atoms with E-state index in [0.717, 1.165) is 16.5 Å². The van der Waals surface area contributed by atoms with Crippen molar-refractivity contribution in [1.29, 1.82) is 0 Å². The monoisotopic (exact) mass is 417 g/mol. The molecule has 2 aromatic heterocycles. The molecule has 3 N–H and O–H groups in total. The Morgan fingerprint density at radius 2 is 1.97 bits per heavy atom.